The number of ether oxygens (including phenoxy) is 3. The molecule has 3 heterocycles. The fourth-order valence-electron chi connectivity index (χ4n) is 3.96. The van der Waals surface area contributed by atoms with Crippen LogP contribution in [0.1, 0.15) is 49.8 Å². The lowest BCUT2D eigenvalue weighted by molar-refractivity contribution is -0.482. The summed E-state index contributed by atoms with van der Waals surface area (Å²) in [5, 5.41) is 43.4. The SMILES string of the molecule is CCCCOC(O)(O)OC1C[C@H](n2cnc3c(NC(O)c4ccc(CN)cc4)ncnc32)O[C@@H]1CO. The molecule has 0 saturated carbocycles. The van der Waals surface area contributed by atoms with Crippen LogP contribution in [-0.4, -0.2) is 71.5 Å². The van der Waals surface area contributed by atoms with Crippen LogP contribution in [0.2, 0.25) is 0 Å². The molecule has 4 rings (SSSR count). The second kappa shape index (κ2) is 11.5. The lowest BCUT2D eigenvalue weighted by atomic mass is 10.1. The van der Waals surface area contributed by atoms with Crippen LogP contribution in [0.15, 0.2) is 36.9 Å². The highest BCUT2D eigenvalue weighted by atomic mass is 16.9. The Kier molecular flexibility index (Phi) is 8.43. The predicted octanol–water partition coefficient (Wildman–Crippen LogP) is 0.466. The number of aliphatic hydroxyl groups is 4. The molecule has 1 fully saturated rings. The van der Waals surface area contributed by atoms with Crippen molar-refractivity contribution in [3.63, 3.8) is 0 Å². The van der Waals surface area contributed by atoms with Gasteiger partial charge in [0.1, 0.15) is 18.7 Å². The number of imidazole rings is 1. The predicted molar refractivity (Wildman–Crippen MR) is 127 cm³/mol. The maximum absolute atomic E-state index is 10.6. The van der Waals surface area contributed by atoms with Gasteiger partial charge in [-0.2, -0.15) is 0 Å². The quantitative estimate of drug-likeness (QED) is 0.148. The summed E-state index contributed by atoms with van der Waals surface area (Å²) in [6.07, 6.45) is -1.79. The van der Waals surface area contributed by atoms with E-state index in [1.807, 2.05) is 19.1 Å². The highest BCUT2D eigenvalue weighted by Gasteiger charge is 2.42. The molecule has 13 heteroatoms. The first-order chi connectivity index (χ1) is 17.3. The molecule has 0 aliphatic carbocycles. The molecule has 1 saturated heterocycles. The van der Waals surface area contributed by atoms with Gasteiger partial charge < -0.3 is 41.0 Å². The maximum Gasteiger partial charge on any atom is 0.407 e. The van der Waals surface area contributed by atoms with Gasteiger partial charge in [0.2, 0.25) is 0 Å². The molecule has 0 radical (unpaired) electrons. The van der Waals surface area contributed by atoms with Crippen molar-refractivity contribution in [1.29, 1.82) is 0 Å². The van der Waals surface area contributed by atoms with E-state index in [1.165, 1.54) is 12.7 Å². The summed E-state index contributed by atoms with van der Waals surface area (Å²) in [6.45, 7) is 2.05. The Morgan fingerprint density at radius 1 is 1.25 bits per heavy atom. The zero-order chi connectivity index (χ0) is 25.7. The number of benzene rings is 1. The largest absolute Gasteiger partial charge is 0.407 e. The minimum atomic E-state index is -2.81. The number of nitrogens with two attached hydrogens (primary N) is 1. The van der Waals surface area contributed by atoms with Crippen LogP contribution in [0.3, 0.4) is 0 Å². The molecule has 196 valence electrons. The summed E-state index contributed by atoms with van der Waals surface area (Å²) in [4.78, 5) is 12.9. The molecule has 0 bridgehead atoms. The average molecular weight is 505 g/mol. The Morgan fingerprint density at radius 3 is 2.72 bits per heavy atom. The minimum Gasteiger partial charge on any atom is -0.394 e. The number of hydrogen-bond acceptors (Lipinski definition) is 12. The molecule has 3 aromatic rings. The maximum atomic E-state index is 10.6. The summed E-state index contributed by atoms with van der Waals surface area (Å²) in [5.41, 5.74) is 8.01. The van der Waals surface area contributed by atoms with Crippen molar-refractivity contribution < 1.29 is 34.6 Å². The normalized spacial score (nSPS) is 21.2. The van der Waals surface area contributed by atoms with Gasteiger partial charge >= 0.3 is 6.16 Å². The second-order valence-electron chi connectivity index (χ2n) is 8.49. The fraction of sp³-hybridized carbons (Fsp3) is 0.522. The monoisotopic (exact) mass is 504 g/mol. The fourth-order valence-corrected chi connectivity index (χ4v) is 3.96. The molecule has 4 atom stereocenters. The summed E-state index contributed by atoms with van der Waals surface area (Å²) in [6, 6.07) is 7.21. The summed E-state index contributed by atoms with van der Waals surface area (Å²) in [7, 11) is 0. The van der Waals surface area contributed by atoms with Gasteiger partial charge in [-0.05, 0) is 12.0 Å². The van der Waals surface area contributed by atoms with Crippen LogP contribution >= 0.6 is 0 Å². The summed E-state index contributed by atoms with van der Waals surface area (Å²) in [5.74, 6) is 0.313. The van der Waals surface area contributed by atoms with Crippen molar-refractivity contribution >= 4 is 17.0 Å². The van der Waals surface area contributed by atoms with E-state index < -0.39 is 37.4 Å². The van der Waals surface area contributed by atoms with Crippen LogP contribution < -0.4 is 11.1 Å². The number of aliphatic hydroxyl groups excluding tert-OH is 2. The van der Waals surface area contributed by atoms with Crippen LogP contribution in [0, 0.1) is 0 Å². The molecule has 1 aromatic carbocycles. The van der Waals surface area contributed by atoms with Crippen molar-refractivity contribution in [2.75, 3.05) is 18.5 Å². The number of anilines is 1. The Labute approximate surface area is 207 Å². The number of nitrogens with one attached hydrogen (secondary N) is 1. The Hall–Kier alpha value is -2.75. The van der Waals surface area contributed by atoms with Gasteiger partial charge in [0.25, 0.3) is 0 Å². The van der Waals surface area contributed by atoms with Gasteiger partial charge in [-0.25, -0.2) is 15.0 Å². The van der Waals surface area contributed by atoms with Crippen LogP contribution in [0.5, 0.6) is 0 Å². The van der Waals surface area contributed by atoms with E-state index in [2.05, 4.69) is 20.3 Å². The van der Waals surface area contributed by atoms with E-state index in [9.17, 15) is 20.4 Å². The third-order valence-electron chi connectivity index (χ3n) is 5.93. The molecule has 7 N–H and O–H groups in total. The third kappa shape index (κ3) is 5.96. The van der Waals surface area contributed by atoms with Crippen LogP contribution in [-0.2, 0) is 20.8 Å². The van der Waals surface area contributed by atoms with Crippen molar-refractivity contribution in [3.8, 4) is 0 Å². The van der Waals surface area contributed by atoms with Gasteiger partial charge in [0.05, 0.1) is 25.6 Å². The highest BCUT2D eigenvalue weighted by Crippen LogP contribution is 2.35. The minimum absolute atomic E-state index is 0.103. The Balaban J connectivity index is 1.49. The third-order valence-corrected chi connectivity index (χ3v) is 5.93. The number of nitrogens with zero attached hydrogens (tertiary/aromatic N) is 4. The Morgan fingerprint density at radius 2 is 2.03 bits per heavy atom. The van der Waals surface area contributed by atoms with E-state index >= 15 is 0 Å². The van der Waals surface area contributed by atoms with Gasteiger partial charge in [0, 0.05) is 18.5 Å². The molecule has 0 spiro atoms. The van der Waals surface area contributed by atoms with Crippen molar-refractivity contribution in [3.05, 3.63) is 48.0 Å². The zero-order valence-corrected chi connectivity index (χ0v) is 19.9. The zero-order valence-electron chi connectivity index (χ0n) is 19.9. The first-order valence-corrected chi connectivity index (χ1v) is 11.8. The van der Waals surface area contributed by atoms with Crippen LogP contribution in [0.4, 0.5) is 5.82 Å². The molecular weight excluding hydrogens is 472 g/mol. The topological polar surface area (TPSA) is 190 Å². The molecule has 2 unspecified atom stereocenters. The highest BCUT2D eigenvalue weighted by molar-refractivity contribution is 5.82. The smallest absolute Gasteiger partial charge is 0.394 e. The number of unbranched alkanes of at least 4 members (excludes halogenated alkanes) is 1. The number of rotatable bonds is 12. The van der Waals surface area contributed by atoms with Gasteiger partial charge in [0.15, 0.2) is 23.2 Å². The van der Waals surface area contributed by atoms with Gasteiger partial charge in [-0.1, -0.05) is 37.6 Å². The number of aromatic nitrogens is 4. The lowest BCUT2D eigenvalue weighted by Gasteiger charge is -2.26. The van der Waals surface area contributed by atoms with Gasteiger partial charge in [-0.3, -0.25) is 9.30 Å². The first kappa shape index (κ1) is 26.3. The average Bonchev–Trinajstić information content (AvgIpc) is 3.48. The molecule has 13 nitrogen and oxygen atoms in total. The lowest BCUT2D eigenvalue weighted by Crippen LogP contribution is -2.43. The molecule has 0 amide bonds. The van der Waals surface area contributed by atoms with E-state index in [0.29, 0.717) is 35.5 Å². The van der Waals surface area contributed by atoms with E-state index in [-0.39, 0.29) is 13.0 Å². The molecule has 2 aromatic heterocycles. The molecule has 1 aliphatic heterocycles. The van der Waals surface area contributed by atoms with E-state index in [1.54, 1.807) is 16.7 Å². The second-order valence-corrected chi connectivity index (χ2v) is 8.49. The van der Waals surface area contributed by atoms with Crippen molar-refractivity contribution in [2.45, 2.75) is 63.6 Å². The van der Waals surface area contributed by atoms with E-state index in [0.717, 1.165) is 12.0 Å². The van der Waals surface area contributed by atoms with Gasteiger partial charge in [-0.15, -0.1) is 0 Å². The standard InChI is InChI=1S/C23H32N6O7/c1-2-3-8-34-23(32,33)36-16-9-18(35-17(16)11-30)29-13-27-19-20(25-12-26-21(19)29)28-22(31)15-6-4-14(10-24)5-7-15/h4-7,12-13,16-18,22,30-33H,2-3,8-11,24H2,1H3,(H,25,26,28)/t16?,17-,18-,22?/m1/s1. The molecule has 36 heavy (non-hydrogen) atoms. The van der Waals surface area contributed by atoms with E-state index in [4.69, 9.17) is 19.9 Å². The summed E-state index contributed by atoms with van der Waals surface area (Å²) < 4.78 is 17.8. The number of hydrogen-bond donors (Lipinski definition) is 6. The van der Waals surface area contributed by atoms with Crippen LogP contribution in [0.25, 0.3) is 11.2 Å². The van der Waals surface area contributed by atoms with Crippen molar-refractivity contribution in [2.24, 2.45) is 5.73 Å². The first-order valence-electron chi connectivity index (χ1n) is 11.8. The molecular formula is C23H32N6O7. The van der Waals surface area contributed by atoms with Crippen molar-refractivity contribution in [1.82, 2.24) is 19.5 Å². The summed E-state index contributed by atoms with van der Waals surface area (Å²) >= 11 is 0. The Bertz CT molecular complexity index is 1130. The molecule has 1 aliphatic rings. The number of fused-ring (bicyclic) bond motifs is 1.